The molecule has 1 aliphatic heterocycles. The molecular formula is C39H45N2+. The highest BCUT2D eigenvalue weighted by atomic mass is 15.2. The van der Waals surface area contributed by atoms with E-state index < -0.39 is 0 Å². The largest absolute Gasteiger partial charge is 0.296 e. The third-order valence-electron chi connectivity index (χ3n) is 11.9. The number of pyridine rings is 1. The molecule has 3 aliphatic rings. The van der Waals surface area contributed by atoms with Gasteiger partial charge in [-0.25, -0.2) is 4.57 Å². The minimum Gasteiger partial charge on any atom is -0.223 e. The topological polar surface area (TPSA) is 8.29 Å². The molecule has 0 spiro atoms. The van der Waals surface area contributed by atoms with Crippen LogP contribution >= 0.6 is 0 Å². The van der Waals surface area contributed by atoms with Gasteiger partial charge in [-0.1, -0.05) is 107 Å². The predicted molar refractivity (Wildman–Crippen MR) is 172 cm³/mol. The third-order valence-corrected chi connectivity index (χ3v) is 11.9. The molecule has 5 aromatic rings. The molecule has 0 saturated heterocycles. The van der Waals surface area contributed by atoms with Gasteiger partial charge in [0.25, 0.3) is 5.65 Å². The maximum atomic E-state index is 2.69. The first kappa shape index (κ1) is 25.6. The molecule has 2 nitrogen and oxygen atoms in total. The number of hydrogen-bond donors (Lipinski definition) is 0. The fourth-order valence-corrected chi connectivity index (χ4v) is 9.00. The summed E-state index contributed by atoms with van der Waals surface area (Å²) >= 11 is 0. The smallest absolute Gasteiger partial charge is 0.223 e. The SMILES string of the molecule is CC1(C)c2cccc3c4ccccc4n4c(-c5c(C6CCCCC6)cccc5C5CCCCC5)c[n+](c4c23)C1(C)C. The van der Waals surface area contributed by atoms with Gasteiger partial charge in [0.15, 0.2) is 5.69 Å². The predicted octanol–water partition coefficient (Wildman–Crippen LogP) is 10.3. The third kappa shape index (κ3) is 3.52. The summed E-state index contributed by atoms with van der Waals surface area (Å²) in [6, 6.07) is 23.6. The molecule has 0 amide bonds. The number of benzene rings is 3. The summed E-state index contributed by atoms with van der Waals surface area (Å²) in [6.07, 6.45) is 16.1. The summed E-state index contributed by atoms with van der Waals surface area (Å²) in [4.78, 5) is 0. The van der Waals surface area contributed by atoms with Crippen LogP contribution in [0.25, 0.3) is 38.6 Å². The van der Waals surface area contributed by atoms with Gasteiger partial charge in [-0.3, -0.25) is 0 Å². The summed E-state index contributed by atoms with van der Waals surface area (Å²) in [5.41, 5.74) is 10.3. The molecule has 41 heavy (non-hydrogen) atoms. The van der Waals surface area contributed by atoms with E-state index in [2.05, 4.69) is 104 Å². The number of nitrogens with zero attached hydrogens (tertiary/aromatic N) is 2. The summed E-state index contributed by atoms with van der Waals surface area (Å²) in [5, 5.41) is 4.20. The second-order valence-electron chi connectivity index (χ2n) is 14.5. The fraction of sp³-hybridized carbons (Fsp3) is 0.462. The minimum absolute atomic E-state index is 0.0131. The van der Waals surface area contributed by atoms with Gasteiger partial charge >= 0.3 is 0 Å². The van der Waals surface area contributed by atoms with Crippen molar-refractivity contribution in [1.82, 2.24) is 4.40 Å². The Hall–Kier alpha value is -3.13. The van der Waals surface area contributed by atoms with Crippen LogP contribution in [0.4, 0.5) is 0 Å². The average Bonchev–Trinajstić information content (AvgIpc) is 3.42. The lowest BCUT2D eigenvalue weighted by atomic mass is 9.66. The van der Waals surface area contributed by atoms with Crippen LogP contribution in [0.15, 0.2) is 66.9 Å². The molecule has 2 aliphatic carbocycles. The first-order valence-electron chi connectivity index (χ1n) is 16.4. The fourth-order valence-electron chi connectivity index (χ4n) is 9.00. The summed E-state index contributed by atoms with van der Waals surface area (Å²) < 4.78 is 5.36. The van der Waals surface area contributed by atoms with E-state index in [-0.39, 0.29) is 11.0 Å². The molecule has 3 aromatic carbocycles. The molecule has 3 heterocycles. The Bertz CT molecular complexity index is 1770. The maximum Gasteiger partial charge on any atom is 0.296 e. The number of para-hydroxylation sites is 1. The van der Waals surface area contributed by atoms with Gasteiger partial charge in [-0.2, -0.15) is 4.40 Å². The number of imidazole rings is 1. The molecular weight excluding hydrogens is 496 g/mol. The molecule has 8 rings (SSSR count). The summed E-state index contributed by atoms with van der Waals surface area (Å²) in [5.74, 6) is 1.33. The van der Waals surface area contributed by atoms with Crippen molar-refractivity contribution in [3.63, 3.8) is 0 Å². The van der Waals surface area contributed by atoms with E-state index in [0.29, 0.717) is 11.8 Å². The number of hydrogen-bond acceptors (Lipinski definition) is 0. The highest BCUT2D eigenvalue weighted by molar-refractivity contribution is 6.13. The molecule has 2 heteroatoms. The Morgan fingerprint density at radius 1 is 0.659 bits per heavy atom. The standard InChI is InChI=1S/C39H45N2/c1-38(2)32-23-14-22-31-30-19-11-12-24-33(30)41-34(25-40(39(38,3)4)37(41)36(31)32)35-28(26-15-7-5-8-16-26)20-13-21-29(35)27-17-9-6-10-18-27/h11-14,19-27H,5-10,15-18H2,1-4H3/q+1. The highest BCUT2D eigenvalue weighted by Crippen LogP contribution is 2.50. The number of fused-ring (bicyclic) bond motifs is 3. The van der Waals surface area contributed by atoms with E-state index in [9.17, 15) is 0 Å². The van der Waals surface area contributed by atoms with Crippen LogP contribution < -0.4 is 4.57 Å². The first-order chi connectivity index (χ1) is 19.9. The van der Waals surface area contributed by atoms with Gasteiger partial charge in [0.2, 0.25) is 0 Å². The van der Waals surface area contributed by atoms with Crippen LogP contribution in [0.5, 0.6) is 0 Å². The van der Waals surface area contributed by atoms with E-state index in [0.717, 1.165) is 0 Å². The normalized spacial score (nSPS) is 20.9. The first-order valence-corrected chi connectivity index (χ1v) is 16.4. The lowest BCUT2D eigenvalue weighted by molar-refractivity contribution is -0.744. The Morgan fingerprint density at radius 3 is 1.90 bits per heavy atom. The van der Waals surface area contributed by atoms with Crippen molar-refractivity contribution in [3.8, 4) is 11.3 Å². The molecule has 0 unspecified atom stereocenters. The second kappa shape index (κ2) is 9.18. The zero-order valence-electron chi connectivity index (χ0n) is 25.5. The lowest BCUT2D eigenvalue weighted by Crippen LogP contribution is -2.63. The lowest BCUT2D eigenvalue weighted by Gasteiger charge is -2.42. The Kier molecular flexibility index (Phi) is 5.73. The van der Waals surface area contributed by atoms with E-state index in [1.54, 1.807) is 16.7 Å². The molecule has 0 atom stereocenters. The monoisotopic (exact) mass is 541 g/mol. The Balaban J connectivity index is 1.55. The summed E-state index contributed by atoms with van der Waals surface area (Å²) in [7, 11) is 0. The molecule has 2 saturated carbocycles. The van der Waals surface area contributed by atoms with Gasteiger partial charge in [-0.15, -0.1) is 0 Å². The molecule has 210 valence electrons. The zero-order chi connectivity index (χ0) is 27.9. The molecule has 2 aromatic heterocycles. The van der Waals surface area contributed by atoms with Crippen LogP contribution in [0.1, 0.15) is 120 Å². The quantitative estimate of drug-likeness (QED) is 0.159. The highest BCUT2D eigenvalue weighted by Gasteiger charge is 2.51. The summed E-state index contributed by atoms with van der Waals surface area (Å²) in [6.45, 7) is 9.84. The van der Waals surface area contributed by atoms with Gasteiger partial charge in [0.05, 0.1) is 5.39 Å². The zero-order valence-corrected chi connectivity index (χ0v) is 25.5. The molecule has 0 bridgehead atoms. The van der Waals surface area contributed by atoms with Crippen molar-refractivity contribution in [2.24, 2.45) is 0 Å². The van der Waals surface area contributed by atoms with Crippen LogP contribution in [0.3, 0.4) is 0 Å². The second-order valence-corrected chi connectivity index (χ2v) is 14.5. The van der Waals surface area contributed by atoms with E-state index in [1.165, 1.54) is 103 Å². The number of aromatic nitrogens is 2. The number of rotatable bonds is 3. The Labute approximate surface area is 245 Å². The van der Waals surface area contributed by atoms with Crippen molar-refractivity contribution in [2.45, 2.75) is 115 Å². The van der Waals surface area contributed by atoms with Crippen LogP contribution in [0, 0.1) is 0 Å². The van der Waals surface area contributed by atoms with E-state index >= 15 is 0 Å². The maximum absolute atomic E-state index is 2.69. The van der Waals surface area contributed by atoms with Crippen molar-refractivity contribution in [1.29, 1.82) is 0 Å². The van der Waals surface area contributed by atoms with Gasteiger partial charge in [-0.05, 0) is 74.1 Å². The van der Waals surface area contributed by atoms with Crippen LogP contribution in [0.2, 0.25) is 0 Å². The van der Waals surface area contributed by atoms with Crippen LogP contribution in [-0.4, -0.2) is 4.40 Å². The Morgan fingerprint density at radius 2 is 1.24 bits per heavy atom. The average molecular weight is 542 g/mol. The van der Waals surface area contributed by atoms with E-state index in [1.807, 2.05) is 0 Å². The van der Waals surface area contributed by atoms with Gasteiger partial charge in [0.1, 0.15) is 17.3 Å². The van der Waals surface area contributed by atoms with E-state index in [4.69, 9.17) is 0 Å². The van der Waals surface area contributed by atoms with Crippen LogP contribution in [-0.2, 0) is 11.0 Å². The van der Waals surface area contributed by atoms with Crippen molar-refractivity contribution < 1.29 is 4.57 Å². The molecule has 0 N–H and O–H groups in total. The van der Waals surface area contributed by atoms with Crippen molar-refractivity contribution in [3.05, 3.63) is 83.6 Å². The van der Waals surface area contributed by atoms with Gasteiger partial charge in [0, 0.05) is 21.8 Å². The van der Waals surface area contributed by atoms with Gasteiger partial charge < -0.3 is 0 Å². The van der Waals surface area contributed by atoms with Crippen molar-refractivity contribution in [2.75, 3.05) is 0 Å². The van der Waals surface area contributed by atoms with Crippen molar-refractivity contribution >= 4 is 27.3 Å². The molecule has 0 radical (unpaired) electrons. The molecule has 2 fully saturated rings. The minimum atomic E-state index is -0.0783.